The Hall–Kier alpha value is -5.63. The standard InChI is InChI=1S/C21H16O4.C18H15P.C5H10Si/c1-4-5-17-6-8-18(9-7-17)10-11-19-14-20(24-15(2)22)12-13-21(19)25-16(3)23;1-4-10-16(11-5-1)19(17-12-6-2-7-13-17)18-14-8-3-9-15-18;1-5-6(2,3)4/h6-9,12-14H,1-3H3;1-15H;1H,2-4H3. The number of benzene rings is 5. The Balaban J connectivity index is 0.000000238. The van der Waals surface area contributed by atoms with E-state index in [0.717, 1.165) is 11.1 Å². The summed E-state index contributed by atoms with van der Waals surface area (Å²) in [5.41, 5.74) is 4.89. The van der Waals surface area contributed by atoms with Crippen molar-refractivity contribution in [2.24, 2.45) is 0 Å². The van der Waals surface area contributed by atoms with E-state index < -0.39 is 27.9 Å². The van der Waals surface area contributed by atoms with Crippen LogP contribution in [0.2, 0.25) is 19.6 Å². The molecular formula is C44H41O4PSi. The molecule has 0 amide bonds. The van der Waals surface area contributed by atoms with Crippen molar-refractivity contribution in [2.45, 2.75) is 40.4 Å². The third-order valence-electron chi connectivity index (χ3n) is 6.44. The van der Waals surface area contributed by atoms with E-state index in [4.69, 9.17) is 15.9 Å². The number of hydrogen-bond acceptors (Lipinski definition) is 4. The SMILES string of the molecule is C#C[Si](C)(C)C.CC#Cc1ccc(C#Cc2cc(OC(C)=O)ccc2OC(C)=O)cc1.c1ccc(P(c2ccccc2)c2ccccc2)cc1. The molecule has 5 rings (SSSR count). The molecule has 6 heteroatoms. The lowest BCUT2D eigenvalue weighted by molar-refractivity contribution is -0.133. The molecule has 5 aromatic rings. The minimum Gasteiger partial charge on any atom is -0.427 e. The smallest absolute Gasteiger partial charge is 0.308 e. The van der Waals surface area contributed by atoms with Crippen LogP contribution in [-0.2, 0) is 9.59 Å². The predicted octanol–water partition coefficient (Wildman–Crippen LogP) is 8.25. The molecule has 0 aliphatic carbocycles. The Morgan fingerprint density at radius 2 is 1.02 bits per heavy atom. The van der Waals surface area contributed by atoms with Gasteiger partial charge in [0.15, 0.2) is 0 Å². The summed E-state index contributed by atoms with van der Waals surface area (Å²) in [5.74, 6) is 11.5. The van der Waals surface area contributed by atoms with E-state index >= 15 is 0 Å². The maximum atomic E-state index is 11.2. The number of carbonyl (C=O) groups is 2. The van der Waals surface area contributed by atoms with Crippen LogP contribution < -0.4 is 25.4 Å². The summed E-state index contributed by atoms with van der Waals surface area (Å²) in [5, 5.41) is 4.19. The molecule has 5 aromatic carbocycles. The fourth-order valence-electron chi connectivity index (χ4n) is 4.18. The van der Waals surface area contributed by atoms with E-state index in [1.165, 1.54) is 29.8 Å². The first-order valence-corrected chi connectivity index (χ1v) is 20.8. The van der Waals surface area contributed by atoms with Crippen LogP contribution in [0.1, 0.15) is 37.5 Å². The van der Waals surface area contributed by atoms with Gasteiger partial charge in [0, 0.05) is 31.0 Å². The first kappa shape index (κ1) is 38.8. The molecule has 0 saturated carbocycles. The van der Waals surface area contributed by atoms with Gasteiger partial charge in [0.25, 0.3) is 0 Å². The molecule has 0 aliphatic heterocycles. The fourth-order valence-corrected chi connectivity index (χ4v) is 6.48. The van der Waals surface area contributed by atoms with Gasteiger partial charge in [0.1, 0.15) is 19.6 Å². The highest BCUT2D eigenvalue weighted by Gasteiger charge is 2.15. The Labute approximate surface area is 299 Å². The summed E-state index contributed by atoms with van der Waals surface area (Å²) in [6.07, 6.45) is 5.12. The fraction of sp³-hybridized carbons (Fsp3) is 0.136. The lowest BCUT2D eigenvalue weighted by atomic mass is 10.1. The van der Waals surface area contributed by atoms with Crippen molar-refractivity contribution in [3.8, 4) is 47.1 Å². The van der Waals surface area contributed by atoms with Gasteiger partial charge in [-0.25, -0.2) is 0 Å². The zero-order valence-corrected chi connectivity index (χ0v) is 31.3. The maximum Gasteiger partial charge on any atom is 0.308 e. The second-order valence-electron chi connectivity index (χ2n) is 11.8. The van der Waals surface area contributed by atoms with Gasteiger partial charge in [-0.3, -0.25) is 9.59 Å². The van der Waals surface area contributed by atoms with Crippen LogP contribution in [0.4, 0.5) is 0 Å². The number of carbonyl (C=O) groups excluding carboxylic acids is 2. The summed E-state index contributed by atoms with van der Waals surface area (Å²) in [6.45, 7) is 10.8. The summed E-state index contributed by atoms with van der Waals surface area (Å²) < 4.78 is 10.2. The maximum absolute atomic E-state index is 11.2. The molecule has 0 atom stereocenters. The first-order chi connectivity index (χ1) is 24.0. The molecule has 0 fully saturated rings. The van der Waals surface area contributed by atoms with E-state index in [1.54, 1.807) is 25.1 Å². The molecule has 0 radical (unpaired) electrons. The lowest BCUT2D eigenvalue weighted by Crippen LogP contribution is -2.20. The second kappa shape index (κ2) is 20.0. The molecule has 0 aliphatic rings. The second-order valence-corrected chi connectivity index (χ2v) is 18.8. The summed E-state index contributed by atoms with van der Waals surface area (Å²) in [6, 6.07) is 44.4. The Kier molecular flexibility index (Phi) is 15.5. The zero-order valence-electron chi connectivity index (χ0n) is 29.4. The summed E-state index contributed by atoms with van der Waals surface area (Å²) in [7, 11) is -1.55. The van der Waals surface area contributed by atoms with Crippen molar-refractivity contribution < 1.29 is 19.1 Å². The minimum absolute atomic E-state index is 0.310. The van der Waals surface area contributed by atoms with Gasteiger partial charge in [-0.05, 0) is 67.2 Å². The average Bonchev–Trinajstić information content (AvgIpc) is 3.10. The normalized spacial score (nSPS) is 9.80. The van der Waals surface area contributed by atoms with Crippen molar-refractivity contribution >= 4 is 43.8 Å². The number of rotatable bonds is 5. The van der Waals surface area contributed by atoms with Crippen LogP contribution >= 0.6 is 7.92 Å². The van der Waals surface area contributed by atoms with Gasteiger partial charge in [-0.1, -0.05) is 128 Å². The van der Waals surface area contributed by atoms with E-state index in [-0.39, 0.29) is 0 Å². The monoisotopic (exact) mass is 692 g/mol. The highest BCUT2D eigenvalue weighted by atomic mass is 31.1. The number of terminal acetylenes is 1. The molecule has 0 unspecified atom stereocenters. The number of esters is 2. The van der Waals surface area contributed by atoms with Crippen LogP contribution in [0.5, 0.6) is 11.5 Å². The van der Waals surface area contributed by atoms with Crippen molar-refractivity contribution in [2.75, 3.05) is 0 Å². The van der Waals surface area contributed by atoms with Gasteiger partial charge < -0.3 is 9.47 Å². The van der Waals surface area contributed by atoms with Crippen LogP contribution in [0.3, 0.4) is 0 Å². The van der Waals surface area contributed by atoms with E-state index in [9.17, 15) is 9.59 Å². The summed E-state index contributed by atoms with van der Waals surface area (Å²) in [4.78, 5) is 22.3. The lowest BCUT2D eigenvalue weighted by Gasteiger charge is -2.18. The Bertz CT molecular complexity index is 1910. The molecule has 0 N–H and O–H groups in total. The van der Waals surface area contributed by atoms with E-state index in [2.05, 4.69) is 140 Å². The minimum atomic E-state index is -1.10. The third kappa shape index (κ3) is 13.8. The van der Waals surface area contributed by atoms with Gasteiger partial charge in [-0.15, -0.1) is 17.9 Å². The van der Waals surface area contributed by atoms with E-state index in [0.29, 0.717) is 17.1 Å². The van der Waals surface area contributed by atoms with Crippen molar-refractivity contribution in [3.05, 3.63) is 150 Å². The Morgan fingerprint density at radius 3 is 1.40 bits per heavy atom. The topological polar surface area (TPSA) is 52.6 Å². The summed E-state index contributed by atoms with van der Waals surface area (Å²) >= 11 is 0. The van der Waals surface area contributed by atoms with Crippen LogP contribution in [0.15, 0.2) is 133 Å². The molecule has 0 aromatic heterocycles. The third-order valence-corrected chi connectivity index (χ3v) is 9.75. The van der Waals surface area contributed by atoms with Crippen molar-refractivity contribution in [1.82, 2.24) is 0 Å². The number of ether oxygens (including phenoxy) is 2. The van der Waals surface area contributed by atoms with E-state index in [1.807, 2.05) is 24.3 Å². The highest BCUT2D eigenvalue weighted by Crippen LogP contribution is 2.32. The highest BCUT2D eigenvalue weighted by molar-refractivity contribution is 7.79. The largest absolute Gasteiger partial charge is 0.427 e. The van der Waals surface area contributed by atoms with Gasteiger partial charge in [0.05, 0.1) is 5.56 Å². The molecular weight excluding hydrogens is 652 g/mol. The molecule has 4 nitrogen and oxygen atoms in total. The van der Waals surface area contributed by atoms with Crippen molar-refractivity contribution in [3.63, 3.8) is 0 Å². The van der Waals surface area contributed by atoms with Gasteiger partial charge in [0.2, 0.25) is 0 Å². The predicted molar refractivity (Wildman–Crippen MR) is 211 cm³/mol. The van der Waals surface area contributed by atoms with Crippen LogP contribution in [0.25, 0.3) is 0 Å². The average molecular weight is 693 g/mol. The molecule has 50 heavy (non-hydrogen) atoms. The molecule has 0 heterocycles. The van der Waals surface area contributed by atoms with Crippen molar-refractivity contribution in [1.29, 1.82) is 0 Å². The molecule has 0 spiro atoms. The molecule has 250 valence electrons. The molecule has 0 saturated heterocycles. The van der Waals surface area contributed by atoms with Crippen LogP contribution in [-0.4, -0.2) is 20.0 Å². The van der Waals surface area contributed by atoms with Gasteiger partial charge in [-0.2, -0.15) is 0 Å². The number of hydrogen-bond donors (Lipinski definition) is 0. The first-order valence-electron chi connectivity index (χ1n) is 16.0. The quantitative estimate of drug-likeness (QED) is 0.0612. The van der Waals surface area contributed by atoms with Gasteiger partial charge >= 0.3 is 11.9 Å². The Morgan fingerprint density at radius 1 is 0.600 bits per heavy atom. The molecule has 0 bridgehead atoms. The zero-order chi connectivity index (χ0) is 36.4. The van der Waals surface area contributed by atoms with Crippen LogP contribution in [0, 0.1) is 35.6 Å².